The highest BCUT2D eigenvalue weighted by molar-refractivity contribution is 6.18. The molecular formula is C4H6ClFO. The van der Waals surface area contributed by atoms with Gasteiger partial charge in [-0.1, -0.05) is 0 Å². The van der Waals surface area contributed by atoms with Crippen LogP contribution in [0.1, 0.15) is 0 Å². The molecule has 7 heavy (non-hydrogen) atoms. The molecule has 2 unspecified atom stereocenters. The van der Waals surface area contributed by atoms with Gasteiger partial charge in [0.25, 0.3) is 0 Å². The van der Waals surface area contributed by atoms with E-state index in [1.165, 1.54) is 0 Å². The summed E-state index contributed by atoms with van der Waals surface area (Å²) in [7, 11) is 0. The maximum atomic E-state index is 11.4. The molecule has 1 saturated heterocycles. The van der Waals surface area contributed by atoms with Gasteiger partial charge in [0.1, 0.15) is 18.9 Å². The molecule has 1 heterocycles. The number of rotatable bonds is 2. The minimum atomic E-state index is -0.391. The summed E-state index contributed by atoms with van der Waals surface area (Å²) >= 11 is 5.28. The summed E-state index contributed by atoms with van der Waals surface area (Å²) in [5.41, 5.74) is 0. The zero-order chi connectivity index (χ0) is 5.28. The lowest BCUT2D eigenvalue weighted by Gasteiger charge is -1.74. The molecule has 0 aromatic carbocycles. The SMILES string of the molecule is FCC1OC1CCl. The van der Waals surface area contributed by atoms with E-state index < -0.39 is 6.67 Å². The van der Waals surface area contributed by atoms with Crippen molar-refractivity contribution in [2.45, 2.75) is 12.2 Å². The van der Waals surface area contributed by atoms with Gasteiger partial charge in [-0.05, 0) is 0 Å². The second-order valence-electron chi connectivity index (χ2n) is 1.52. The first-order valence-corrected chi connectivity index (χ1v) is 2.69. The van der Waals surface area contributed by atoms with Gasteiger partial charge in [0.05, 0.1) is 5.88 Å². The molecule has 1 aliphatic heterocycles. The number of hydrogen-bond donors (Lipinski definition) is 0. The molecule has 0 saturated carbocycles. The van der Waals surface area contributed by atoms with E-state index in [0.717, 1.165) is 0 Å². The molecule has 0 amide bonds. The summed E-state index contributed by atoms with van der Waals surface area (Å²) in [6, 6.07) is 0. The predicted molar refractivity (Wildman–Crippen MR) is 25.4 cm³/mol. The van der Waals surface area contributed by atoms with E-state index in [2.05, 4.69) is 0 Å². The van der Waals surface area contributed by atoms with Gasteiger partial charge in [0.2, 0.25) is 0 Å². The molecule has 1 nitrogen and oxygen atoms in total. The first kappa shape index (κ1) is 5.32. The normalized spacial score (nSPS) is 38.6. The van der Waals surface area contributed by atoms with Crippen LogP contribution < -0.4 is 0 Å². The molecule has 1 rings (SSSR count). The fourth-order valence-electron chi connectivity index (χ4n) is 0.451. The summed E-state index contributed by atoms with van der Waals surface area (Å²) < 4.78 is 16.1. The van der Waals surface area contributed by atoms with Crippen LogP contribution >= 0.6 is 11.6 Å². The van der Waals surface area contributed by atoms with E-state index in [9.17, 15) is 4.39 Å². The molecule has 1 fully saturated rings. The quantitative estimate of drug-likeness (QED) is 0.395. The Morgan fingerprint density at radius 2 is 2.29 bits per heavy atom. The van der Waals surface area contributed by atoms with Crippen molar-refractivity contribution in [3.05, 3.63) is 0 Å². The van der Waals surface area contributed by atoms with Crippen molar-refractivity contribution < 1.29 is 9.13 Å². The van der Waals surface area contributed by atoms with Crippen LogP contribution in [-0.4, -0.2) is 24.8 Å². The van der Waals surface area contributed by atoms with Crippen LogP contribution in [0.25, 0.3) is 0 Å². The predicted octanol–water partition coefficient (Wildman–Crippen LogP) is 0.962. The fraction of sp³-hybridized carbons (Fsp3) is 1.00. The van der Waals surface area contributed by atoms with Gasteiger partial charge in [-0.2, -0.15) is 0 Å². The van der Waals surface area contributed by atoms with Crippen molar-refractivity contribution >= 4 is 11.6 Å². The van der Waals surface area contributed by atoms with Gasteiger partial charge in [0, 0.05) is 0 Å². The van der Waals surface area contributed by atoms with Crippen molar-refractivity contribution in [2.24, 2.45) is 0 Å². The van der Waals surface area contributed by atoms with Crippen molar-refractivity contribution in [2.75, 3.05) is 12.6 Å². The number of halogens is 2. The van der Waals surface area contributed by atoms with Crippen LogP contribution in [0.5, 0.6) is 0 Å². The van der Waals surface area contributed by atoms with Gasteiger partial charge >= 0.3 is 0 Å². The molecule has 1 aliphatic rings. The van der Waals surface area contributed by atoms with Crippen LogP contribution in [0, 0.1) is 0 Å². The highest BCUT2D eigenvalue weighted by Gasteiger charge is 2.37. The zero-order valence-electron chi connectivity index (χ0n) is 3.73. The lowest BCUT2D eigenvalue weighted by molar-refractivity contribution is 0.334. The summed E-state index contributed by atoms with van der Waals surface area (Å²) in [6.45, 7) is -0.391. The molecule has 0 N–H and O–H groups in total. The number of hydrogen-bond acceptors (Lipinski definition) is 1. The highest BCUT2D eigenvalue weighted by atomic mass is 35.5. The van der Waals surface area contributed by atoms with E-state index in [1.807, 2.05) is 0 Å². The lowest BCUT2D eigenvalue weighted by Crippen LogP contribution is -1.95. The van der Waals surface area contributed by atoms with E-state index in [-0.39, 0.29) is 12.2 Å². The Balaban J connectivity index is 2.06. The summed E-state index contributed by atoms with van der Waals surface area (Å²) in [5, 5.41) is 0. The molecule has 42 valence electrons. The molecule has 0 aromatic heterocycles. The van der Waals surface area contributed by atoms with Crippen LogP contribution in [0.3, 0.4) is 0 Å². The van der Waals surface area contributed by atoms with Crippen molar-refractivity contribution in [3.8, 4) is 0 Å². The monoisotopic (exact) mass is 124 g/mol. The summed E-state index contributed by atoms with van der Waals surface area (Å²) in [4.78, 5) is 0. The molecule has 0 bridgehead atoms. The Labute approximate surface area is 46.4 Å². The van der Waals surface area contributed by atoms with Crippen LogP contribution in [-0.2, 0) is 4.74 Å². The number of epoxide rings is 1. The first-order valence-electron chi connectivity index (χ1n) is 2.16. The Bertz CT molecular complexity index is 60.7. The van der Waals surface area contributed by atoms with Gasteiger partial charge in [-0.3, -0.25) is 0 Å². The summed E-state index contributed by atoms with van der Waals surface area (Å²) in [5.74, 6) is 0.425. The first-order chi connectivity index (χ1) is 3.38. The van der Waals surface area contributed by atoms with Crippen LogP contribution in [0.4, 0.5) is 4.39 Å². The third-order valence-electron chi connectivity index (χ3n) is 0.992. The Morgan fingerprint density at radius 1 is 1.57 bits per heavy atom. The van der Waals surface area contributed by atoms with Gasteiger partial charge < -0.3 is 4.74 Å². The van der Waals surface area contributed by atoms with E-state index >= 15 is 0 Å². The van der Waals surface area contributed by atoms with Gasteiger partial charge in [-0.25, -0.2) is 4.39 Å². The van der Waals surface area contributed by atoms with E-state index in [0.29, 0.717) is 5.88 Å². The zero-order valence-corrected chi connectivity index (χ0v) is 4.49. The Hall–Kier alpha value is 0.180. The third-order valence-corrected chi connectivity index (χ3v) is 1.30. The largest absolute Gasteiger partial charge is 0.365 e. The standard InChI is InChI=1S/C4H6ClFO/c5-1-3-4(2-6)7-3/h3-4H,1-2H2. The van der Waals surface area contributed by atoms with E-state index in [1.54, 1.807) is 0 Å². The third kappa shape index (κ3) is 1.04. The maximum Gasteiger partial charge on any atom is 0.118 e. The van der Waals surface area contributed by atoms with Gasteiger partial charge in [-0.15, -0.1) is 11.6 Å². The maximum absolute atomic E-state index is 11.4. The summed E-state index contributed by atoms with van der Waals surface area (Å²) in [6.07, 6.45) is -0.177. The second-order valence-corrected chi connectivity index (χ2v) is 1.83. The highest BCUT2D eigenvalue weighted by Crippen LogP contribution is 2.22. The van der Waals surface area contributed by atoms with Gasteiger partial charge in [0.15, 0.2) is 0 Å². The molecule has 2 atom stereocenters. The van der Waals surface area contributed by atoms with Crippen molar-refractivity contribution in [1.29, 1.82) is 0 Å². The van der Waals surface area contributed by atoms with Crippen molar-refractivity contribution in [3.63, 3.8) is 0 Å². The fourth-order valence-corrected chi connectivity index (χ4v) is 0.722. The molecule has 0 radical (unpaired) electrons. The minimum Gasteiger partial charge on any atom is -0.365 e. The lowest BCUT2D eigenvalue weighted by atomic mass is 10.4. The van der Waals surface area contributed by atoms with Crippen molar-refractivity contribution in [1.82, 2.24) is 0 Å². The molecular weight excluding hydrogens is 118 g/mol. The smallest absolute Gasteiger partial charge is 0.118 e. The van der Waals surface area contributed by atoms with Crippen LogP contribution in [0.15, 0.2) is 0 Å². The topological polar surface area (TPSA) is 12.5 Å². The van der Waals surface area contributed by atoms with Crippen LogP contribution in [0.2, 0.25) is 0 Å². The molecule has 0 spiro atoms. The average Bonchev–Trinajstić information content (AvgIpc) is 2.43. The number of ether oxygens (including phenoxy) is 1. The molecule has 0 aliphatic carbocycles. The number of alkyl halides is 2. The molecule has 3 heteroatoms. The molecule has 0 aromatic rings. The minimum absolute atomic E-state index is 0.00617. The Morgan fingerprint density at radius 3 is 2.43 bits per heavy atom. The average molecular weight is 125 g/mol. The van der Waals surface area contributed by atoms with E-state index in [4.69, 9.17) is 16.3 Å². The Kier molecular flexibility index (Phi) is 1.50. The second kappa shape index (κ2) is 1.97.